The molecular formula is C9H16N4O. The van der Waals surface area contributed by atoms with Crippen LogP contribution in [0.1, 0.15) is 5.69 Å². The first-order chi connectivity index (χ1) is 6.90. The summed E-state index contributed by atoms with van der Waals surface area (Å²) in [5, 5.41) is 7.24. The molecule has 5 heteroatoms. The quantitative estimate of drug-likeness (QED) is 0.699. The fourth-order valence-electron chi connectivity index (χ4n) is 1.59. The highest BCUT2D eigenvalue weighted by molar-refractivity contribution is 5.39. The SMILES string of the molecule is NCCc1cc(N2CCOCC2)n[nH]1. The van der Waals surface area contributed by atoms with Gasteiger partial charge in [-0.15, -0.1) is 0 Å². The zero-order valence-electron chi connectivity index (χ0n) is 8.20. The molecular weight excluding hydrogens is 180 g/mol. The topological polar surface area (TPSA) is 67.2 Å². The van der Waals surface area contributed by atoms with E-state index in [1.54, 1.807) is 0 Å². The molecule has 2 heterocycles. The van der Waals surface area contributed by atoms with Crippen LogP contribution >= 0.6 is 0 Å². The van der Waals surface area contributed by atoms with Crippen LogP contribution in [0.3, 0.4) is 0 Å². The average molecular weight is 196 g/mol. The van der Waals surface area contributed by atoms with Gasteiger partial charge in [-0.3, -0.25) is 5.10 Å². The Labute approximate surface area is 83.2 Å². The van der Waals surface area contributed by atoms with Gasteiger partial charge in [0.1, 0.15) is 0 Å². The predicted octanol–water partition coefficient (Wildman–Crippen LogP) is -0.253. The van der Waals surface area contributed by atoms with E-state index in [1.807, 2.05) is 0 Å². The average Bonchev–Trinajstić information content (AvgIpc) is 2.68. The Morgan fingerprint density at radius 1 is 1.50 bits per heavy atom. The van der Waals surface area contributed by atoms with Crippen molar-refractivity contribution in [2.24, 2.45) is 5.73 Å². The summed E-state index contributed by atoms with van der Waals surface area (Å²) in [5.41, 5.74) is 6.57. The summed E-state index contributed by atoms with van der Waals surface area (Å²) >= 11 is 0. The predicted molar refractivity (Wildman–Crippen MR) is 54.4 cm³/mol. The van der Waals surface area contributed by atoms with Crippen LogP contribution in [0.4, 0.5) is 5.82 Å². The van der Waals surface area contributed by atoms with E-state index in [2.05, 4.69) is 21.2 Å². The molecule has 1 aromatic heterocycles. The van der Waals surface area contributed by atoms with Gasteiger partial charge in [0.15, 0.2) is 5.82 Å². The molecule has 1 aromatic rings. The number of ether oxygens (including phenoxy) is 1. The van der Waals surface area contributed by atoms with Gasteiger partial charge in [0.2, 0.25) is 0 Å². The van der Waals surface area contributed by atoms with Crippen LogP contribution in [0.25, 0.3) is 0 Å². The normalized spacial score (nSPS) is 17.4. The van der Waals surface area contributed by atoms with E-state index in [-0.39, 0.29) is 0 Å². The second-order valence-corrected chi connectivity index (χ2v) is 3.39. The van der Waals surface area contributed by atoms with Gasteiger partial charge >= 0.3 is 0 Å². The highest BCUT2D eigenvalue weighted by atomic mass is 16.5. The summed E-state index contributed by atoms with van der Waals surface area (Å²) in [4.78, 5) is 2.22. The molecule has 5 nitrogen and oxygen atoms in total. The molecule has 1 aliphatic rings. The van der Waals surface area contributed by atoms with E-state index in [0.717, 1.165) is 44.2 Å². The van der Waals surface area contributed by atoms with Crippen LogP contribution in [0.15, 0.2) is 6.07 Å². The molecule has 0 amide bonds. The molecule has 0 bridgehead atoms. The number of rotatable bonds is 3. The fourth-order valence-corrected chi connectivity index (χ4v) is 1.59. The molecule has 0 aliphatic carbocycles. The van der Waals surface area contributed by atoms with Crippen molar-refractivity contribution < 1.29 is 4.74 Å². The zero-order valence-corrected chi connectivity index (χ0v) is 8.20. The van der Waals surface area contributed by atoms with Gasteiger partial charge in [-0.05, 0) is 6.54 Å². The Morgan fingerprint density at radius 2 is 2.29 bits per heavy atom. The van der Waals surface area contributed by atoms with E-state index in [9.17, 15) is 0 Å². The number of nitrogens with one attached hydrogen (secondary N) is 1. The Hall–Kier alpha value is -1.07. The highest BCUT2D eigenvalue weighted by Gasteiger charge is 2.13. The molecule has 0 aromatic carbocycles. The lowest BCUT2D eigenvalue weighted by atomic mass is 10.3. The maximum Gasteiger partial charge on any atom is 0.150 e. The van der Waals surface area contributed by atoms with E-state index in [4.69, 9.17) is 10.5 Å². The lowest BCUT2D eigenvalue weighted by Gasteiger charge is -2.26. The number of H-pyrrole nitrogens is 1. The Bertz CT molecular complexity index is 280. The maximum absolute atomic E-state index is 5.47. The molecule has 1 fully saturated rings. The third kappa shape index (κ3) is 2.05. The van der Waals surface area contributed by atoms with Crippen LogP contribution in [0.2, 0.25) is 0 Å². The van der Waals surface area contributed by atoms with Crippen molar-refractivity contribution in [3.8, 4) is 0 Å². The van der Waals surface area contributed by atoms with Crippen LogP contribution in [0, 0.1) is 0 Å². The molecule has 1 aliphatic heterocycles. The van der Waals surface area contributed by atoms with Crippen LogP contribution in [0.5, 0.6) is 0 Å². The third-order valence-corrected chi connectivity index (χ3v) is 2.37. The van der Waals surface area contributed by atoms with Crippen LogP contribution in [-0.4, -0.2) is 43.0 Å². The summed E-state index contributed by atoms with van der Waals surface area (Å²) in [5.74, 6) is 1.01. The Kier molecular flexibility index (Phi) is 3.00. The molecule has 0 radical (unpaired) electrons. The van der Waals surface area contributed by atoms with Crippen molar-refractivity contribution in [1.82, 2.24) is 10.2 Å². The number of anilines is 1. The number of morpholine rings is 1. The third-order valence-electron chi connectivity index (χ3n) is 2.37. The molecule has 0 saturated carbocycles. The monoisotopic (exact) mass is 196 g/mol. The van der Waals surface area contributed by atoms with Gasteiger partial charge in [-0.2, -0.15) is 5.10 Å². The first-order valence-corrected chi connectivity index (χ1v) is 4.97. The smallest absolute Gasteiger partial charge is 0.150 e. The number of hydrogen-bond donors (Lipinski definition) is 2. The highest BCUT2D eigenvalue weighted by Crippen LogP contribution is 2.13. The second kappa shape index (κ2) is 4.43. The lowest BCUT2D eigenvalue weighted by molar-refractivity contribution is 0.122. The van der Waals surface area contributed by atoms with Crippen molar-refractivity contribution in [1.29, 1.82) is 0 Å². The number of aromatic amines is 1. The molecule has 3 N–H and O–H groups in total. The van der Waals surface area contributed by atoms with Crippen molar-refractivity contribution in [3.63, 3.8) is 0 Å². The Morgan fingerprint density at radius 3 is 3.00 bits per heavy atom. The summed E-state index contributed by atoms with van der Waals surface area (Å²) < 4.78 is 5.28. The largest absolute Gasteiger partial charge is 0.378 e. The summed E-state index contributed by atoms with van der Waals surface area (Å²) in [6.07, 6.45) is 0.858. The molecule has 0 atom stereocenters. The lowest BCUT2D eigenvalue weighted by Crippen LogP contribution is -2.36. The van der Waals surface area contributed by atoms with Crippen molar-refractivity contribution in [3.05, 3.63) is 11.8 Å². The number of nitrogens with zero attached hydrogens (tertiary/aromatic N) is 2. The molecule has 0 unspecified atom stereocenters. The van der Waals surface area contributed by atoms with Gasteiger partial charge in [0.05, 0.1) is 13.2 Å². The molecule has 1 saturated heterocycles. The first-order valence-electron chi connectivity index (χ1n) is 4.97. The van der Waals surface area contributed by atoms with E-state index in [0.29, 0.717) is 6.54 Å². The van der Waals surface area contributed by atoms with Crippen molar-refractivity contribution in [2.45, 2.75) is 6.42 Å². The van der Waals surface area contributed by atoms with E-state index in [1.165, 1.54) is 0 Å². The minimum absolute atomic E-state index is 0.657. The first kappa shape index (κ1) is 9.48. The summed E-state index contributed by atoms with van der Waals surface area (Å²) in [6.45, 7) is 4.09. The standard InChI is InChI=1S/C9H16N4O/c10-2-1-8-7-9(12-11-8)13-3-5-14-6-4-13/h7H,1-6,10H2,(H,11,12). The molecule has 2 rings (SSSR count). The molecule has 0 spiro atoms. The molecule has 78 valence electrons. The van der Waals surface area contributed by atoms with Crippen molar-refractivity contribution in [2.75, 3.05) is 37.7 Å². The van der Waals surface area contributed by atoms with Gasteiger partial charge in [-0.25, -0.2) is 0 Å². The van der Waals surface area contributed by atoms with E-state index < -0.39 is 0 Å². The second-order valence-electron chi connectivity index (χ2n) is 3.39. The van der Waals surface area contributed by atoms with Gasteiger partial charge in [0, 0.05) is 31.3 Å². The van der Waals surface area contributed by atoms with E-state index >= 15 is 0 Å². The summed E-state index contributed by atoms with van der Waals surface area (Å²) in [7, 11) is 0. The minimum atomic E-state index is 0.657. The zero-order chi connectivity index (χ0) is 9.80. The number of nitrogens with two attached hydrogens (primary N) is 1. The minimum Gasteiger partial charge on any atom is -0.378 e. The van der Waals surface area contributed by atoms with Gasteiger partial charge in [0.25, 0.3) is 0 Å². The van der Waals surface area contributed by atoms with Gasteiger partial charge in [-0.1, -0.05) is 0 Å². The van der Waals surface area contributed by atoms with Gasteiger partial charge < -0.3 is 15.4 Å². The summed E-state index contributed by atoms with van der Waals surface area (Å²) in [6, 6.07) is 2.07. The van der Waals surface area contributed by atoms with Crippen LogP contribution in [-0.2, 0) is 11.2 Å². The fraction of sp³-hybridized carbons (Fsp3) is 0.667. The number of aromatic nitrogens is 2. The van der Waals surface area contributed by atoms with Crippen molar-refractivity contribution >= 4 is 5.82 Å². The Balaban J connectivity index is 2.00. The maximum atomic E-state index is 5.47. The molecule has 14 heavy (non-hydrogen) atoms. The number of hydrogen-bond acceptors (Lipinski definition) is 4. The van der Waals surface area contributed by atoms with Crippen LogP contribution < -0.4 is 10.6 Å².